The minimum Gasteiger partial charge on any atom is -0.369 e. The Morgan fingerprint density at radius 1 is 1.16 bits per heavy atom. The summed E-state index contributed by atoms with van der Waals surface area (Å²) in [6, 6.07) is 9.02. The van der Waals surface area contributed by atoms with Crippen molar-refractivity contribution in [2.45, 2.75) is 25.4 Å². The Labute approximate surface area is 183 Å². The zero-order chi connectivity index (χ0) is 22.2. The van der Waals surface area contributed by atoms with Crippen molar-refractivity contribution in [1.29, 1.82) is 0 Å². The number of pyridine rings is 2. The van der Waals surface area contributed by atoms with Gasteiger partial charge < -0.3 is 21.3 Å². The minimum atomic E-state index is -0.720. The lowest BCUT2D eigenvalue weighted by atomic mass is 10.1. The van der Waals surface area contributed by atoms with E-state index >= 15 is 0 Å². The highest BCUT2D eigenvalue weighted by molar-refractivity contribution is 6.04. The van der Waals surface area contributed by atoms with Crippen molar-refractivity contribution in [3.05, 3.63) is 65.5 Å². The molecule has 1 aromatic carbocycles. The van der Waals surface area contributed by atoms with Crippen LogP contribution in [0.15, 0.2) is 42.6 Å². The van der Waals surface area contributed by atoms with Gasteiger partial charge in [-0.05, 0) is 43.2 Å². The van der Waals surface area contributed by atoms with Crippen LogP contribution in [0.25, 0.3) is 11.3 Å². The van der Waals surface area contributed by atoms with E-state index in [0.717, 1.165) is 31.6 Å². The summed E-state index contributed by atoms with van der Waals surface area (Å²) in [5, 5.41) is 5.83. The van der Waals surface area contributed by atoms with E-state index in [2.05, 4.69) is 25.5 Å². The van der Waals surface area contributed by atoms with Gasteiger partial charge in [0.15, 0.2) is 0 Å². The number of benzene rings is 1. The Morgan fingerprint density at radius 3 is 2.69 bits per heavy atom. The molecule has 9 heteroatoms. The number of nitrogens with zero attached hydrogens (tertiary/aromatic N) is 3. The molecule has 3 aromatic rings. The topological polar surface area (TPSA) is 96.2 Å². The number of fused-ring (bicyclic) bond motifs is 1. The molecule has 2 aromatic heterocycles. The number of hydrogen-bond donors (Lipinski definition) is 3. The summed E-state index contributed by atoms with van der Waals surface area (Å²) in [6.45, 7) is 1.90. The average Bonchev–Trinajstić information content (AvgIpc) is 3.15. The first-order chi connectivity index (χ1) is 15.5. The molecule has 164 valence electrons. The van der Waals surface area contributed by atoms with Crippen LogP contribution in [0, 0.1) is 11.6 Å². The van der Waals surface area contributed by atoms with Crippen LogP contribution >= 0.6 is 0 Å². The lowest BCUT2D eigenvalue weighted by molar-refractivity contribution is 0.0966. The molecule has 4 N–H and O–H groups in total. The molecule has 0 bridgehead atoms. The molecule has 7 nitrogen and oxygen atoms in total. The van der Waals surface area contributed by atoms with Crippen molar-refractivity contribution < 1.29 is 13.6 Å². The van der Waals surface area contributed by atoms with Crippen LogP contribution in [-0.4, -0.2) is 35.0 Å². The lowest BCUT2D eigenvalue weighted by Gasteiger charge is -2.32. The van der Waals surface area contributed by atoms with E-state index < -0.39 is 11.6 Å². The monoisotopic (exact) mass is 436 g/mol. The average molecular weight is 436 g/mol. The fourth-order valence-electron chi connectivity index (χ4n) is 4.23. The number of amides is 1. The molecule has 0 spiro atoms. The highest BCUT2D eigenvalue weighted by atomic mass is 19.1. The lowest BCUT2D eigenvalue weighted by Crippen LogP contribution is -2.42. The van der Waals surface area contributed by atoms with E-state index in [-0.39, 0.29) is 29.8 Å². The number of rotatable bonds is 4. The number of halogens is 2. The van der Waals surface area contributed by atoms with E-state index in [1.807, 2.05) is 6.07 Å². The first-order valence-corrected chi connectivity index (χ1v) is 10.5. The highest BCUT2D eigenvalue weighted by Gasteiger charge is 2.27. The van der Waals surface area contributed by atoms with Crippen molar-refractivity contribution in [2.24, 2.45) is 5.73 Å². The van der Waals surface area contributed by atoms with E-state index in [4.69, 9.17) is 5.73 Å². The quantitative estimate of drug-likeness (QED) is 0.581. The maximum Gasteiger partial charge on any atom is 0.255 e. The Hall–Kier alpha value is -3.59. The maximum absolute atomic E-state index is 14.4. The molecular weight excluding hydrogens is 414 g/mol. The molecular formula is C23H22F2N6O. The van der Waals surface area contributed by atoms with Crippen LogP contribution in [0.4, 0.5) is 26.0 Å². The van der Waals surface area contributed by atoms with E-state index in [1.54, 1.807) is 12.3 Å². The molecule has 32 heavy (non-hydrogen) atoms. The van der Waals surface area contributed by atoms with Crippen molar-refractivity contribution in [3.8, 4) is 11.3 Å². The van der Waals surface area contributed by atoms with E-state index in [0.29, 0.717) is 22.8 Å². The van der Waals surface area contributed by atoms with Gasteiger partial charge in [0.1, 0.15) is 17.5 Å². The van der Waals surface area contributed by atoms with Gasteiger partial charge in [0.2, 0.25) is 0 Å². The third-order valence-electron chi connectivity index (χ3n) is 5.79. The molecule has 1 fully saturated rings. The van der Waals surface area contributed by atoms with Crippen LogP contribution in [0.3, 0.4) is 0 Å². The van der Waals surface area contributed by atoms with Gasteiger partial charge in [0.05, 0.1) is 46.6 Å². The fraction of sp³-hybridized carbons (Fsp3) is 0.261. The second kappa shape index (κ2) is 8.16. The molecule has 2 aliphatic heterocycles. The molecule has 0 unspecified atom stereocenters. The summed E-state index contributed by atoms with van der Waals surface area (Å²) in [7, 11) is 0. The standard InChI is InChI=1S/C23H22F2N6O/c24-15-4-1-5-16(25)21(15)17-9-18(22-19(29-17)11-28-23(22)32)30-20-7-6-14(10-27-20)31-8-2-3-13(26)12-31/h1,4-7,9-10,13H,2-3,8,11-12,26H2,(H,28,32)(H,27,29,30)/t13-/m0/s1. The van der Waals surface area contributed by atoms with Crippen molar-refractivity contribution in [1.82, 2.24) is 15.3 Å². The summed E-state index contributed by atoms with van der Waals surface area (Å²) >= 11 is 0. The number of piperidine rings is 1. The largest absolute Gasteiger partial charge is 0.369 e. The van der Waals surface area contributed by atoms with E-state index in [1.165, 1.54) is 24.3 Å². The smallest absolute Gasteiger partial charge is 0.255 e. The number of nitrogens with two attached hydrogens (primary N) is 1. The van der Waals surface area contributed by atoms with Crippen LogP contribution in [0.2, 0.25) is 0 Å². The molecule has 0 saturated carbocycles. The van der Waals surface area contributed by atoms with Gasteiger partial charge >= 0.3 is 0 Å². The van der Waals surface area contributed by atoms with Gasteiger partial charge in [0.25, 0.3) is 5.91 Å². The molecule has 2 aliphatic rings. The van der Waals surface area contributed by atoms with Gasteiger partial charge in [-0.1, -0.05) is 6.07 Å². The predicted molar refractivity (Wildman–Crippen MR) is 118 cm³/mol. The summed E-state index contributed by atoms with van der Waals surface area (Å²) in [5.74, 6) is -1.23. The maximum atomic E-state index is 14.4. The zero-order valence-corrected chi connectivity index (χ0v) is 17.2. The van der Waals surface area contributed by atoms with Crippen molar-refractivity contribution in [3.63, 3.8) is 0 Å². The molecule has 5 rings (SSSR count). The Bertz CT molecular complexity index is 1160. The first kappa shape index (κ1) is 20.3. The second-order valence-corrected chi connectivity index (χ2v) is 8.03. The number of carbonyl (C=O) groups is 1. The SMILES string of the molecule is N[C@H]1CCCN(c2ccc(Nc3cc(-c4c(F)cccc4F)nc4c3C(=O)NC4)nc2)C1. The molecule has 1 saturated heterocycles. The molecule has 0 radical (unpaired) electrons. The number of carbonyl (C=O) groups excluding carboxylic acids is 1. The van der Waals surface area contributed by atoms with Gasteiger partial charge in [-0.25, -0.2) is 18.7 Å². The third kappa shape index (κ3) is 3.75. The van der Waals surface area contributed by atoms with Crippen LogP contribution in [-0.2, 0) is 6.54 Å². The van der Waals surface area contributed by atoms with Gasteiger partial charge in [-0.2, -0.15) is 0 Å². The first-order valence-electron chi connectivity index (χ1n) is 10.5. The predicted octanol–water partition coefficient (Wildman–Crippen LogP) is 3.34. The number of aromatic nitrogens is 2. The number of nitrogens with one attached hydrogen (secondary N) is 2. The van der Waals surface area contributed by atoms with Gasteiger partial charge in [-0.3, -0.25) is 4.79 Å². The van der Waals surface area contributed by atoms with Crippen LogP contribution < -0.4 is 21.3 Å². The number of anilines is 3. The van der Waals surface area contributed by atoms with Crippen LogP contribution in [0.1, 0.15) is 28.9 Å². The zero-order valence-electron chi connectivity index (χ0n) is 17.2. The molecule has 0 aliphatic carbocycles. The normalized spacial score (nSPS) is 17.8. The summed E-state index contributed by atoms with van der Waals surface area (Å²) in [5.41, 5.74) is 8.08. The number of hydrogen-bond acceptors (Lipinski definition) is 6. The molecule has 4 heterocycles. The Balaban J connectivity index is 1.48. The Morgan fingerprint density at radius 2 is 1.97 bits per heavy atom. The second-order valence-electron chi connectivity index (χ2n) is 8.03. The molecule has 1 amide bonds. The van der Waals surface area contributed by atoms with Gasteiger partial charge in [0, 0.05) is 19.1 Å². The highest BCUT2D eigenvalue weighted by Crippen LogP contribution is 2.33. The van der Waals surface area contributed by atoms with Crippen molar-refractivity contribution >= 4 is 23.1 Å². The third-order valence-corrected chi connectivity index (χ3v) is 5.79. The minimum absolute atomic E-state index is 0.109. The Kier molecular flexibility index (Phi) is 5.18. The summed E-state index contributed by atoms with van der Waals surface area (Å²) in [4.78, 5) is 23.4. The fourth-order valence-corrected chi connectivity index (χ4v) is 4.23. The van der Waals surface area contributed by atoms with Gasteiger partial charge in [-0.15, -0.1) is 0 Å². The van der Waals surface area contributed by atoms with Crippen molar-refractivity contribution in [2.75, 3.05) is 23.3 Å². The summed E-state index contributed by atoms with van der Waals surface area (Å²) < 4.78 is 28.7. The summed E-state index contributed by atoms with van der Waals surface area (Å²) in [6.07, 6.45) is 3.80. The molecule has 1 atom stereocenters. The van der Waals surface area contributed by atoms with Crippen LogP contribution in [0.5, 0.6) is 0 Å². The van der Waals surface area contributed by atoms with E-state index in [9.17, 15) is 13.6 Å².